The zero-order chi connectivity index (χ0) is 2.71. The van der Waals surface area contributed by atoms with Crippen molar-refractivity contribution in [3.63, 3.8) is 0 Å². The van der Waals surface area contributed by atoms with Crippen LogP contribution in [0.5, 0.6) is 0 Å². The van der Waals surface area contributed by atoms with Gasteiger partial charge in [0, 0.05) is 0 Å². The van der Waals surface area contributed by atoms with E-state index in [1.54, 1.807) is 0 Å². The van der Waals surface area contributed by atoms with Crippen molar-refractivity contribution in [2.24, 2.45) is 0 Å². The summed E-state index contributed by atoms with van der Waals surface area (Å²) in [5.74, 6) is 0. The van der Waals surface area contributed by atoms with E-state index < -0.39 is 0 Å². The molecule has 0 atom stereocenters. The summed E-state index contributed by atoms with van der Waals surface area (Å²) in [6, 6.07) is 0. The molecule has 18 valence electrons. The smallest absolute Gasteiger partial charge is 0.549 e. The first kappa shape index (κ1) is 17.0. The SMILES string of the molecule is [CH-]=C[CH2-].[Li+].[Li+]. The molecule has 0 aromatic heterocycles. The molecule has 0 rings (SSSR count). The van der Waals surface area contributed by atoms with Gasteiger partial charge >= 0.3 is 37.7 Å². The maximum atomic E-state index is 4.61. The number of allylic oxidation sites excluding steroid dienone is 1. The molecule has 0 nitrogen and oxygen atoms in total. The third-order valence-electron chi connectivity index (χ3n) is 0. The van der Waals surface area contributed by atoms with E-state index in [2.05, 4.69) is 13.5 Å². The minimum atomic E-state index is 0. The van der Waals surface area contributed by atoms with E-state index in [0.29, 0.717) is 0 Å². The van der Waals surface area contributed by atoms with Gasteiger partial charge in [0.15, 0.2) is 0 Å². The van der Waals surface area contributed by atoms with Crippen molar-refractivity contribution in [2.45, 2.75) is 0 Å². The van der Waals surface area contributed by atoms with Crippen LogP contribution in [0.25, 0.3) is 0 Å². The summed E-state index contributed by atoms with van der Waals surface area (Å²) in [6.45, 7) is 7.75. The summed E-state index contributed by atoms with van der Waals surface area (Å²) < 4.78 is 0. The van der Waals surface area contributed by atoms with Gasteiger partial charge in [-0.2, -0.15) is 0 Å². The molecule has 0 aromatic carbocycles. The fourth-order valence-electron chi connectivity index (χ4n) is 0. The Labute approximate surface area is 57.4 Å². The van der Waals surface area contributed by atoms with Crippen molar-refractivity contribution in [3.05, 3.63) is 19.6 Å². The first-order chi connectivity index (χ1) is 1.41. The van der Waals surface area contributed by atoms with Gasteiger partial charge in [-0.05, 0) is 0 Å². The Morgan fingerprint density at radius 1 is 1.40 bits per heavy atom. The van der Waals surface area contributed by atoms with Crippen LogP contribution in [0.3, 0.4) is 0 Å². The largest absolute Gasteiger partial charge is 1.00 e. The molecular weight excluding hydrogens is 49.9 g/mol. The Kier molecular flexibility index (Phi) is 72.8. The maximum absolute atomic E-state index is 4.61. The van der Waals surface area contributed by atoms with Gasteiger partial charge in [0.1, 0.15) is 0 Å². The fourth-order valence-corrected chi connectivity index (χ4v) is 0. The fraction of sp³-hybridized carbons (Fsp3) is 0. The van der Waals surface area contributed by atoms with Crippen LogP contribution < -0.4 is 37.7 Å². The molecule has 0 fully saturated rings. The molecule has 0 aliphatic rings. The van der Waals surface area contributed by atoms with E-state index in [1.165, 1.54) is 6.08 Å². The predicted octanol–water partition coefficient (Wildman–Crippen LogP) is -5.18. The first-order valence-corrected chi connectivity index (χ1v) is 0.742. The average Bonchev–Trinajstić information content (AvgIpc) is 0.918. The third kappa shape index (κ3) is 58.4. The van der Waals surface area contributed by atoms with Crippen molar-refractivity contribution in [2.75, 3.05) is 0 Å². The molecule has 0 aliphatic heterocycles. The van der Waals surface area contributed by atoms with Crippen molar-refractivity contribution in [3.8, 4) is 0 Å². The second-order valence-electron chi connectivity index (χ2n) is 0.236. The Balaban J connectivity index is -0.0000000200. The summed E-state index contributed by atoms with van der Waals surface area (Å²) in [7, 11) is 0. The van der Waals surface area contributed by atoms with Gasteiger partial charge in [-0.1, -0.05) is 0 Å². The molecule has 5 heavy (non-hydrogen) atoms. The number of rotatable bonds is 0. The van der Waals surface area contributed by atoms with Gasteiger partial charge in [-0.3, -0.25) is 0 Å². The summed E-state index contributed by atoms with van der Waals surface area (Å²) in [5.41, 5.74) is 0. The van der Waals surface area contributed by atoms with Crippen molar-refractivity contribution < 1.29 is 37.7 Å². The predicted molar refractivity (Wildman–Crippen MR) is 14.2 cm³/mol. The second kappa shape index (κ2) is 21.4. The Morgan fingerprint density at radius 2 is 1.40 bits per heavy atom. The minimum Gasteiger partial charge on any atom is -0.549 e. The zero-order valence-electron chi connectivity index (χ0n) is 3.86. The van der Waals surface area contributed by atoms with Crippen LogP contribution in [0.4, 0.5) is 0 Å². The van der Waals surface area contributed by atoms with Gasteiger partial charge in [0.2, 0.25) is 0 Å². The number of hydrogen-bond acceptors (Lipinski definition) is 0. The Morgan fingerprint density at radius 3 is 1.40 bits per heavy atom. The molecule has 0 bridgehead atoms. The first-order valence-electron chi connectivity index (χ1n) is 0.742. The molecule has 0 aliphatic carbocycles. The van der Waals surface area contributed by atoms with E-state index in [-0.39, 0.29) is 37.7 Å². The molecule has 0 N–H and O–H groups in total. The van der Waals surface area contributed by atoms with Crippen LogP contribution in [0.2, 0.25) is 0 Å². The molecule has 0 heterocycles. The van der Waals surface area contributed by atoms with Crippen LogP contribution in [-0.2, 0) is 0 Å². The third-order valence-corrected chi connectivity index (χ3v) is 0. The molecule has 0 saturated heterocycles. The van der Waals surface area contributed by atoms with E-state index in [9.17, 15) is 0 Å². The van der Waals surface area contributed by atoms with E-state index in [1.807, 2.05) is 0 Å². The van der Waals surface area contributed by atoms with Crippen LogP contribution in [-0.4, -0.2) is 0 Å². The van der Waals surface area contributed by atoms with Crippen LogP contribution >= 0.6 is 0 Å². The van der Waals surface area contributed by atoms with Gasteiger partial charge in [0.05, 0.1) is 0 Å². The average molecular weight is 53.9 g/mol. The summed E-state index contributed by atoms with van der Waals surface area (Å²) in [4.78, 5) is 0. The van der Waals surface area contributed by atoms with Gasteiger partial charge in [0.25, 0.3) is 0 Å². The molecule has 0 aromatic rings. The second-order valence-corrected chi connectivity index (χ2v) is 0.236. The maximum Gasteiger partial charge on any atom is 1.00 e. The molecule has 2 heteroatoms. The molecule has 0 amide bonds. The summed E-state index contributed by atoms with van der Waals surface area (Å²) in [5, 5.41) is 0. The summed E-state index contributed by atoms with van der Waals surface area (Å²) >= 11 is 0. The van der Waals surface area contributed by atoms with Gasteiger partial charge < -0.3 is 19.6 Å². The van der Waals surface area contributed by atoms with Gasteiger partial charge in [-0.15, -0.1) is 0 Å². The quantitative estimate of drug-likeness (QED) is 0.191. The van der Waals surface area contributed by atoms with Crippen molar-refractivity contribution in [1.29, 1.82) is 0 Å². The topological polar surface area (TPSA) is 0 Å². The summed E-state index contributed by atoms with van der Waals surface area (Å²) in [6.07, 6.45) is 1.25. The van der Waals surface area contributed by atoms with Crippen LogP contribution in [0.1, 0.15) is 0 Å². The van der Waals surface area contributed by atoms with E-state index >= 15 is 0 Å². The van der Waals surface area contributed by atoms with Crippen LogP contribution in [0, 0.1) is 13.5 Å². The van der Waals surface area contributed by atoms with Crippen molar-refractivity contribution >= 4 is 0 Å². The Bertz CT molecular complexity index is 12.4. The monoisotopic (exact) mass is 54.1 g/mol. The minimum absolute atomic E-state index is 0. The molecule has 0 saturated carbocycles. The molecule has 0 unspecified atom stereocenters. The number of hydrogen-bond donors (Lipinski definition) is 0. The normalized spacial score (nSPS) is 2.40. The Hall–Kier alpha value is 0.805. The molecule has 0 radical (unpaired) electrons. The van der Waals surface area contributed by atoms with E-state index in [0.717, 1.165) is 0 Å². The molecule has 0 spiro atoms. The standard InChI is InChI=1S/C3H4.2Li/c1-3-2;;/h1,3H,2H2;;/q-2;2*+1. The van der Waals surface area contributed by atoms with Crippen molar-refractivity contribution in [1.82, 2.24) is 0 Å². The zero-order valence-corrected chi connectivity index (χ0v) is 3.86. The van der Waals surface area contributed by atoms with E-state index in [4.69, 9.17) is 0 Å². The van der Waals surface area contributed by atoms with Crippen LogP contribution in [0.15, 0.2) is 6.08 Å². The molecular formula is C3H4Li2. The van der Waals surface area contributed by atoms with Gasteiger partial charge in [-0.25, -0.2) is 0 Å².